The van der Waals surface area contributed by atoms with E-state index < -0.39 is 0 Å². The number of rotatable bonds is 8. The molecule has 1 aromatic carbocycles. The van der Waals surface area contributed by atoms with Crippen LogP contribution in [0, 0.1) is 6.92 Å². The van der Waals surface area contributed by atoms with Crippen LogP contribution in [0.25, 0.3) is 5.69 Å². The number of aliphatic imine (C=N–C) groups is 1. The second-order valence-electron chi connectivity index (χ2n) is 6.39. The Kier molecular flexibility index (Phi) is 8.93. The molecule has 0 saturated heterocycles. The molecular formula is C21H27IN6. The summed E-state index contributed by atoms with van der Waals surface area (Å²) in [7, 11) is 0. The van der Waals surface area contributed by atoms with Gasteiger partial charge in [-0.15, -0.1) is 24.0 Å². The number of hydrogen-bond acceptors (Lipinski definition) is 3. The second-order valence-corrected chi connectivity index (χ2v) is 6.39. The van der Waals surface area contributed by atoms with Crippen molar-refractivity contribution in [2.75, 3.05) is 13.1 Å². The average molecular weight is 490 g/mol. The number of aryl methyl sites for hydroxylation is 2. The molecular weight excluding hydrogens is 463 g/mol. The van der Waals surface area contributed by atoms with E-state index in [1.165, 1.54) is 5.56 Å². The summed E-state index contributed by atoms with van der Waals surface area (Å²) >= 11 is 0. The van der Waals surface area contributed by atoms with Crippen LogP contribution in [0.5, 0.6) is 0 Å². The van der Waals surface area contributed by atoms with Gasteiger partial charge in [0.05, 0.1) is 11.4 Å². The first-order chi connectivity index (χ1) is 13.2. The summed E-state index contributed by atoms with van der Waals surface area (Å²) in [6.07, 6.45) is 6.60. The largest absolute Gasteiger partial charge is 0.370 e. The number of nitrogens with zero attached hydrogens (tertiary/aromatic N) is 4. The van der Waals surface area contributed by atoms with Crippen molar-refractivity contribution in [2.45, 2.75) is 26.2 Å². The minimum atomic E-state index is 0. The van der Waals surface area contributed by atoms with Gasteiger partial charge in [0.1, 0.15) is 0 Å². The maximum absolute atomic E-state index is 5.93. The number of halogens is 1. The molecule has 2 heterocycles. The summed E-state index contributed by atoms with van der Waals surface area (Å²) in [6.45, 7) is 3.47. The highest BCUT2D eigenvalue weighted by Crippen LogP contribution is 2.13. The van der Waals surface area contributed by atoms with Crippen LogP contribution in [-0.4, -0.2) is 33.8 Å². The van der Waals surface area contributed by atoms with Crippen molar-refractivity contribution < 1.29 is 0 Å². The van der Waals surface area contributed by atoms with E-state index in [2.05, 4.69) is 38.7 Å². The zero-order chi connectivity index (χ0) is 18.9. The fourth-order valence-corrected chi connectivity index (χ4v) is 2.84. The molecule has 0 amide bonds. The summed E-state index contributed by atoms with van der Waals surface area (Å²) in [5.41, 5.74) is 10.4. The number of para-hydroxylation sites is 1. The average Bonchev–Trinajstić information content (AvgIpc) is 3.07. The highest BCUT2D eigenvalue weighted by Gasteiger charge is 2.06. The van der Waals surface area contributed by atoms with Gasteiger partial charge in [0.15, 0.2) is 5.96 Å². The smallest absolute Gasteiger partial charge is 0.188 e. The minimum Gasteiger partial charge on any atom is -0.370 e. The zero-order valence-corrected chi connectivity index (χ0v) is 18.4. The maximum atomic E-state index is 5.93. The van der Waals surface area contributed by atoms with Crippen molar-refractivity contribution in [3.05, 3.63) is 77.9 Å². The summed E-state index contributed by atoms with van der Waals surface area (Å²) in [4.78, 5) is 8.69. The molecule has 0 saturated carbocycles. The Hall–Kier alpha value is -2.42. The normalized spacial score (nSPS) is 11.1. The van der Waals surface area contributed by atoms with Crippen molar-refractivity contribution in [1.82, 2.24) is 20.1 Å². The summed E-state index contributed by atoms with van der Waals surface area (Å²) in [6, 6.07) is 16.1. The molecule has 0 aliphatic carbocycles. The monoisotopic (exact) mass is 490 g/mol. The van der Waals surface area contributed by atoms with E-state index in [1.54, 1.807) is 6.20 Å². The van der Waals surface area contributed by atoms with Gasteiger partial charge in [0.25, 0.3) is 0 Å². The molecule has 6 nitrogen and oxygen atoms in total. The first kappa shape index (κ1) is 21.9. The van der Waals surface area contributed by atoms with Crippen molar-refractivity contribution >= 4 is 29.9 Å². The van der Waals surface area contributed by atoms with Crippen LogP contribution in [0.3, 0.4) is 0 Å². The molecule has 3 N–H and O–H groups in total. The Morgan fingerprint density at radius 2 is 1.89 bits per heavy atom. The van der Waals surface area contributed by atoms with Gasteiger partial charge >= 0.3 is 0 Å². The third kappa shape index (κ3) is 6.63. The lowest BCUT2D eigenvalue weighted by Crippen LogP contribution is -2.33. The number of guanidine groups is 1. The van der Waals surface area contributed by atoms with Crippen molar-refractivity contribution in [3.8, 4) is 5.69 Å². The van der Waals surface area contributed by atoms with E-state index >= 15 is 0 Å². The van der Waals surface area contributed by atoms with Crippen LogP contribution >= 0.6 is 24.0 Å². The highest BCUT2D eigenvalue weighted by atomic mass is 127. The molecule has 148 valence electrons. The van der Waals surface area contributed by atoms with Gasteiger partial charge < -0.3 is 11.1 Å². The van der Waals surface area contributed by atoms with Gasteiger partial charge in [-0.25, -0.2) is 4.68 Å². The van der Waals surface area contributed by atoms with Crippen LogP contribution in [-0.2, 0) is 12.8 Å². The minimum absolute atomic E-state index is 0. The fraction of sp³-hybridized carbons (Fsp3) is 0.286. The lowest BCUT2D eigenvalue weighted by Gasteiger charge is -2.05. The molecule has 3 aromatic rings. The molecule has 0 unspecified atom stereocenters. The molecule has 2 aromatic heterocycles. The number of nitrogens with one attached hydrogen (secondary N) is 1. The number of pyridine rings is 1. The Balaban J connectivity index is 0.00000280. The first-order valence-corrected chi connectivity index (χ1v) is 9.26. The Morgan fingerprint density at radius 1 is 1.11 bits per heavy atom. The van der Waals surface area contributed by atoms with E-state index in [1.807, 2.05) is 48.0 Å². The number of aromatic nitrogens is 3. The topological polar surface area (TPSA) is 81.1 Å². The molecule has 0 aliphatic rings. The third-order valence-corrected chi connectivity index (χ3v) is 4.32. The molecule has 0 radical (unpaired) electrons. The van der Waals surface area contributed by atoms with Gasteiger partial charge in [0, 0.05) is 37.6 Å². The molecule has 28 heavy (non-hydrogen) atoms. The molecule has 0 aliphatic heterocycles. The summed E-state index contributed by atoms with van der Waals surface area (Å²) in [5, 5.41) is 7.74. The Bertz CT molecular complexity index is 861. The van der Waals surface area contributed by atoms with Crippen LogP contribution < -0.4 is 11.1 Å². The van der Waals surface area contributed by atoms with Gasteiger partial charge in [-0.2, -0.15) is 5.10 Å². The van der Waals surface area contributed by atoms with Gasteiger partial charge in [-0.1, -0.05) is 24.3 Å². The van der Waals surface area contributed by atoms with E-state index in [0.717, 1.165) is 42.9 Å². The second kappa shape index (κ2) is 11.4. The van der Waals surface area contributed by atoms with Crippen LogP contribution in [0.2, 0.25) is 0 Å². The molecule has 0 fully saturated rings. The summed E-state index contributed by atoms with van der Waals surface area (Å²) < 4.78 is 1.93. The third-order valence-electron chi connectivity index (χ3n) is 4.32. The van der Waals surface area contributed by atoms with Crippen molar-refractivity contribution in [1.29, 1.82) is 0 Å². The molecule has 0 bridgehead atoms. The first-order valence-electron chi connectivity index (χ1n) is 9.26. The zero-order valence-electron chi connectivity index (χ0n) is 16.1. The summed E-state index contributed by atoms with van der Waals surface area (Å²) in [5.74, 6) is 0.489. The predicted octanol–water partition coefficient (Wildman–Crippen LogP) is 3.27. The molecule has 0 atom stereocenters. The number of hydrogen-bond donors (Lipinski definition) is 2. The Labute approximate surface area is 183 Å². The standard InChI is InChI=1S/C21H26N6.HI/c1-17-18(16-27(26-17)20-10-3-2-4-11-20)8-7-14-24-21(22)25-15-12-19-9-5-6-13-23-19;/h2-6,9-11,13,16H,7-8,12,14-15H2,1H3,(H3,22,24,25);1H. The van der Waals surface area contributed by atoms with E-state index in [9.17, 15) is 0 Å². The van der Waals surface area contributed by atoms with E-state index in [-0.39, 0.29) is 24.0 Å². The fourth-order valence-electron chi connectivity index (χ4n) is 2.84. The van der Waals surface area contributed by atoms with Gasteiger partial charge in [-0.3, -0.25) is 9.98 Å². The Morgan fingerprint density at radius 3 is 2.64 bits per heavy atom. The van der Waals surface area contributed by atoms with Crippen molar-refractivity contribution in [3.63, 3.8) is 0 Å². The van der Waals surface area contributed by atoms with Crippen molar-refractivity contribution in [2.24, 2.45) is 10.7 Å². The molecule has 3 rings (SSSR count). The number of nitrogens with two attached hydrogens (primary N) is 1. The quantitative estimate of drug-likeness (QED) is 0.220. The maximum Gasteiger partial charge on any atom is 0.188 e. The lowest BCUT2D eigenvalue weighted by molar-refractivity contribution is 0.799. The predicted molar refractivity (Wildman–Crippen MR) is 124 cm³/mol. The van der Waals surface area contributed by atoms with E-state index in [4.69, 9.17) is 5.73 Å². The highest BCUT2D eigenvalue weighted by molar-refractivity contribution is 14.0. The molecule has 0 spiro atoms. The number of benzene rings is 1. The lowest BCUT2D eigenvalue weighted by atomic mass is 10.1. The van der Waals surface area contributed by atoms with Crippen LogP contribution in [0.1, 0.15) is 23.4 Å². The molecule has 7 heteroatoms. The van der Waals surface area contributed by atoms with E-state index in [0.29, 0.717) is 12.5 Å². The van der Waals surface area contributed by atoms with Gasteiger partial charge in [0.2, 0.25) is 0 Å². The SMILES string of the molecule is Cc1nn(-c2ccccc2)cc1CCCN=C(N)NCCc1ccccn1.I. The van der Waals surface area contributed by atoms with Crippen LogP contribution in [0.15, 0.2) is 65.9 Å². The van der Waals surface area contributed by atoms with Gasteiger partial charge in [-0.05, 0) is 49.6 Å². The van der Waals surface area contributed by atoms with Crippen LogP contribution in [0.4, 0.5) is 0 Å².